The highest BCUT2D eigenvalue weighted by Crippen LogP contribution is 2.30. The Morgan fingerprint density at radius 3 is 2.61 bits per heavy atom. The van der Waals surface area contributed by atoms with Crippen molar-refractivity contribution in [1.29, 1.82) is 0 Å². The van der Waals surface area contributed by atoms with Crippen molar-refractivity contribution in [2.24, 2.45) is 0 Å². The summed E-state index contributed by atoms with van der Waals surface area (Å²) in [7, 11) is 0. The first-order valence-corrected chi connectivity index (χ1v) is 9.50. The monoisotopic (exact) mass is 447 g/mol. The lowest BCUT2D eigenvalue weighted by Crippen LogP contribution is -2.43. The summed E-state index contributed by atoms with van der Waals surface area (Å²) in [6.07, 6.45) is 0.516. The van der Waals surface area contributed by atoms with E-state index < -0.39 is 23.4 Å². The number of nitrogens with one attached hydrogen (secondary N) is 2. The molecule has 8 heteroatoms. The largest absolute Gasteiger partial charge is 0.354 e. The number of rotatable bonds is 6. The van der Waals surface area contributed by atoms with Gasteiger partial charge in [-0.25, -0.2) is 9.18 Å². The van der Waals surface area contributed by atoms with Crippen LogP contribution in [0, 0.1) is 5.82 Å². The second kappa shape index (κ2) is 8.10. The maximum absolute atomic E-state index is 12.9. The summed E-state index contributed by atoms with van der Waals surface area (Å²) in [6, 6.07) is 12.5. The van der Waals surface area contributed by atoms with Gasteiger partial charge in [-0.15, -0.1) is 0 Å². The summed E-state index contributed by atoms with van der Waals surface area (Å²) in [5.41, 5.74) is 0.272. The summed E-state index contributed by atoms with van der Waals surface area (Å²) < 4.78 is 13.7. The minimum atomic E-state index is -1.23. The van der Waals surface area contributed by atoms with Crippen molar-refractivity contribution in [3.05, 3.63) is 69.9 Å². The van der Waals surface area contributed by atoms with Gasteiger partial charge in [0.05, 0.1) is 0 Å². The maximum atomic E-state index is 12.9. The Hall–Kier alpha value is -2.74. The molecule has 1 heterocycles. The molecule has 1 aliphatic rings. The fourth-order valence-electron chi connectivity index (χ4n) is 3.03. The molecule has 0 bridgehead atoms. The van der Waals surface area contributed by atoms with Gasteiger partial charge in [-0.1, -0.05) is 40.2 Å². The number of benzene rings is 2. The van der Waals surface area contributed by atoms with Gasteiger partial charge >= 0.3 is 6.03 Å². The first kappa shape index (κ1) is 20.0. The van der Waals surface area contributed by atoms with E-state index in [-0.39, 0.29) is 12.4 Å². The molecular formula is C20H19BrFN3O3. The molecule has 1 atom stereocenters. The van der Waals surface area contributed by atoms with Gasteiger partial charge in [0, 0.05) is 11.0 Å². The fraction of sp³-hybridized carbons (Fsp3) is 0.250. The van der Waals surface area contributed by atoms with E-state index in [1.807, 2.05) is 6.07 Å². The van der Waals surface area contributed by atoms with Crippen molar-refractivity contribution in [3.63, 3.8) is 0 Å². The van der Waals surface area contributed by atoms with Crippen molar-refractivity contribution < 1.29 is 18.8 Å². The number of nitrogens with zero attached hydrogens (tertiary/aromatic N) is 1. The molecular weight excluding hydrogens is 429 g/mol. The highest BCUT2D eigenvalue weighted by atomic mass is 79.9. The molecule has 2 aromatic rings. The molecule has 0 aliphatic carbocycles. The molecule has 28 heavy (non-hydrogen) atoms. The van der Waals surface area contributed by atoms with Crippen LogP contribution in [-0.4, -0.2) is 35.8 Å². The van der Waals surface area contributed by atoms with Crippen LogP contribution in [0.15, 0.2) is 53.0 Å². The van der Waals surface area contributed by atoms with E-state index in [0.29, 0.717) is 18.5 Å². The second-order valence-electron chi connectivity index (χ2n) is 6.68. The molecule has 2 aromatic carbocycles. The van der Waals surface area contributed by atoms with E-state index in [1.54, 1.807) is 37.3 Å². The highest BCUT2D eigenvalue weighted by molar-refractivity contribution is 9.10. The fourth-order valence-corrected chi connectivity index (χ4v) is 3.43. The van der Waals surface area contributed by atoms with Crippen LogP contribution in [0.4, 0.5) is 9.18 Å². The third kappa shape index (κ3) is 4.22. The molecule has 3 rings (SSSR count). The topological polar surface area (TPSA) is 78.5 Å². The van der Waals surface area contributed by atoms with Crippen LogP contribution >= 0.6 is 15.9 Å². The van der Waals surface area contributed by atoms with E-state index >= 15 is 0 Å². The lowest BCUT2D eigenvalue weighted by molar-refractivity contribution is -0.134. The van der Waals surface area contributed by atoms with Crippen LogP contribution in [0.2, 0.25) is 0 Å². The Morgan fingerprint density at radius 1 is 1.21 bits per heavy atom. The number of halogens is 2. The molecule has 0 spiro atoms. The zero-order chi connectivity index (χ0) is 20.3. The molecule has 146 valence electrons. The van der Waals surface area contributed by atoms with Crippen LogP contribution in [0.5, 0.6) is 0 Å². The van der Waals surface area contributed by atoms with Gasteiger partial charge in [0.1, 0.15) is 17.9 Å². The first-order valence-electron chi connectivity index (χ1n) is 8.71. The van der Waals surface area contributed by atoms with E-state index in [1.165, 1.54) is 12.1 Å². The van der Waals surface area contributed by atoms with Gasteiger partial charge in [0.25, 0.3) is 5.91 Å². The summed E-state index contributed by atoms with van der Waals surface area (Å²) in [6.45, 7) is 1.57. The predicted octanol–water partition coefficient (Wildman–Crippen LogP) is 2.71. The average Bonchev–Trinajstić information content (AvgIpc) is 2.87. The number of imide groups is 1. The zero-order valence-corrected chi connectivity index (χ0v) is 16.8. The van der Waals surface area contributed by atoms with Crippen molar-refractivity contribution in [2.45, 2.75) is 18.9 Å². The number of amides is 4. The van der Waals surface area contributed by atoms with Gasteiger partial charge < -0.3 is 10.6 Å². The number of carbonyl (C=O) groups excluding carboxylic acids is 3. The van der Waals surface area contributed by atoms with Crippen molar-refractivity contribution in [1.82, 2.24) is 15.5 Å². The van der Waals surface area contributed by atoms with Gasteiger partial charge in [-0.3, -0.25) is 14.5 Å². The smallest absolute Gasteiger partial charge is 0.325 e. The molecule has 6 nitrogen and oxygen atoms in total. The van der Waals surface area contributed by atoms with Gasteiger partial charge in [-0.05, 0) is 48.7 Å². The van der Waals surface area contributed by atoms with Crippen molar-refractivity contribution in [3.8, 4) is 0 Å². The van der Waals surface area contributed by atoms with E-state index in [2.05, 4.69) is 26.6 Å². The van der Waals surface area contributed by atoms with Crippen molar-refractivity contribution in [2.75, 3.05) is 13.1 Å². The minimum Gasteiger partial charge on any atom is -0.354 e. The molecule has 1 saturated heterocycles. The minimum absolute atomic E-state index is 0.316. The normalized spacial score (nSPS) is 18.9. The average molecular weight is 448 g/mol. The van der Waals surface area contributed by atoms with Crippen LogP contribution in [-0.2, 0) is 21.5 Å². The molecule has 4 amide bonds. The first-order chi connectivity index (χ1) is 13.3. The third-order valence-corrected chi connectivity index (χ3v) is 5.12. The summed E-state index contributed by atoms with van der Waals surface area (Å²) in [4.78, 5) is 38.2. The molecule has 0 aromatic heterocycles. The number of carbonyl (C=O) groups is 3. The van der Waals surface area contributed by atoms with Gasteiger partial charge in [0.2, 0.25) is 5.91 Å². The van der Waals surface area contributed by atoms with Crippen molar-refractivity contribution >= 4 is 33.8 Å². The lowest BCUT2D eigenvalue weighted by Gasteiger charge is -2.22. The van der Waals surface area contributed by atoms with Gasteiger partial charge in [0.15, 0.2) is 0 Å². The van der Waals surface area contributed by atoms with Crippen LogP contribution in [0.25, 0.3) is 0 Å². The quantitative estimate of drug-likeness (QED) is 0.668. The zero-order valence-electron chi connectivity index (χ0n) is 15.2. The number of hydrogen-bond donors (Lipinski definition) is 2. The summed E-state index contributed by atoms with van der Waals surface area (Å²) in [5, 5.41) is 5.34. The molecule has 1 aliphatic heterocycles. The molecule has 2 N–H and O–H groups in total. The Kier molecular flexibility index (Phi) is 5.79. The highest BCUT2D eigenvalue weighted by Gasteiger charge is 2.49. The lowest BCUT2D eigenvalue weighted by atomic mass is 9.92. The van der Waals surface area contributed by atoms with Crippen LogP contribution in [0.1, 0.15) is 18.1 Å². The van der Waals surface area contributed by atoms with E-state index in [4.69, 9.17) is 0 Å². The number of hydrogen-bond acceptors (Lipinski definition) is 3. The Balaban J connectivity index is 1.59. The molecule has 1 fully saturated rings. The van der Waals surface area contributed by atoms with Crippen LogP contribution < -0.4 is 10.6 Å². The maximum Gasteiger partial charge on any atom is 0.325 e. The van der Waals surface area contributed by atoms with E-state index in [9.17, 15) is 18.8 Å². The van der Waals surface area contributed by atoms with E-state index in [0.717, 1.165) is 14.9 Å². The summed E-state index contributed by atoms with van der Waals surface area (Å²) >= 11 is 3.35. The molecule has 0 saturated carbocycles. The Labute approximate surface area is 170 Å². The SMILES string of the molecule is C[C@@]1(c2cccc(Br)c2)NC(=O)N(CC(=O)NCCc2ccc(F)cc2)C1=O. The Bertz CT molecular complexity index is 919. The molecule has 0 radical (unpaired) electrons. The third-order valence-electron chi connectivity index (χ3n) is 4.63. The van der Waals surface area contributed by atoms with Crippen LogP contribution in [0.3, 0.4) is 0 Å². The molecule has 0 unspecified atom stereocenters. The van der Waals surface area contributed by atoms with Gasteiger partial charge in [-0.2, -0.15) is 0 Å². The second-order valence-corrected chi connectivity index (χ2v) is 7.60. The standard InChI is InChI=1S/C20H19BrFN3O3/c1-20(14-3-2-4-15(21)11-14)18(27)25(19(28)24-20)12-17(26)23-10-9-13-5-7-16(22)8-6-13/h2-8,11H,9-10,12H2,1H3,(H,23,26)(H,24,28)/t20-/m0/s1. The predicted molar refractivity (Wildman–Crippen MR) is 105 cm³/mol. The number of urea groups is 1. The summed E-state index contributed by atoms with van der Waals surface area (Å²) in [5.74, 6) is -1.24. The Morgan fingerprint density at radius 2 is 1.93 bits per heavy atom.